The van der Waals surface area contributed by atoms with E-state index in [1.54, 1.807) is 0 Å². The molecule has 0 aliphatic heterocycles. The van der Waals surface area contributed by atoms with Crippen LogP contribution in [0.4, 0.5) is 0 Å². The number of rotatable bonds is 9. The van der Waals surface area contributed by atoms with Crippen LogP contribution in [0.3, 0.4) is 0 Å². The second-order valence-corrected chi connectivity index (χ2v) is 5.32. The van der Waals surface area contributed by atoms with Gasteiger partial charge in [0, 0.05) is 18.8 Å². The van der Waals surface area contributed by atoms with Crippen molar-refractivity contribution in [2.45, 2.75) is 64.3 Å². The molecule has 0 unspecified atom stereocenters. The van der Waals surface area contributed by atoms with E-state index in [9.17, 15) is 0 Å². The molecule has 69 valence electrons. The van der Waals surface area contributed by atoms with Gasteiger partial charge in [-0.1, -0.05) is 64.3 Å². The summed E-state index contributed by atoms with van der Waals surface area (Å²) in [6, 6.07) is 1.38. The molecule has 0 atom stereocenters. The van der Waals surface area contributed by atoms with Gasteiger partial charge in [-0.2, -0.15) is 0 Å². The van der Waals surface area contributed by atoms with Crippen LogP contribution in [-0.2, 0) is 0 Å². The Balaban J connectivity index is 2.73. The minimum absolute atomic E-state index is 0.976. The monoisotopic (exact) mass is 197 g/mol. The fraction of sp³-hybridized carbons (Fsp3) is 1.00. The van der Waals surface area contributed by atoms with Crippen molar-refractivity contribution in [1.29, 1.82) is 0 Å². The predicted molar refractivity (Wildman–Crippen MR) is 58.9 cm³/mol. The molecule has 12 heavy (non-hydrogen) atoms. The first-order valence-electron chi connectivity index (χ1n) is 5.31. The number of hydrogen-bond donors (Lipinski definition) is 0. The summed E-state index contributed by atoms with van der Waals surface area (Å²) >= 11 is 0. The third-order valence-corrected chi connectivity index (χ3v) is 3.51. The largest absolute Gasteiger partial charge is 0.0654 e. The quantitative estimate of drug-likeness (QED) is 0.393. The molecule has 0 nitrogen and oxygen atoms in total. The second kappa shape index (κ2) is 11.4. The molecule has 0 aliphatic carbocycles. The lowest BCUT2D eigenvalue weighted by Crippen LogP contribution is -1.87. The van der Waals surface area contributed by atoms with Gasteiger partial charge in [-0.3, -0.25) is 0 Å². The molecule has 0 saturated heterocycles. The lowest BCUT2D eigenvalue weighted by atomic mass is 10.1. The lowest BCUT2D eigenvalue weighted by Gasteiger charge is -1.99. The summed E-state index contributed by atoms with van der Waals surface area (Å²) in [5.41, 5.74) is 0. The maximum absolute atomic E-state index is 3.52. The normalized spacial score (nSPS) is 10.5. The molecule has 0 aromatic rings. The molecule has 0 spiro atoms. The van der Waals surface area contributed by atoms with Crippen molar-refractivity contribution < 1.29 is 0 Å². The molecular weight excluding hydrogens is 176 g/mol. The molecule has 0 amide bonds. The van der Waals surface area contributed by atoms with E-state index in [1.807, 2.05) is 0 Å². The fourth-order valence-electron chi connectivity index (χ4n) is 1.35. The molecule has 0 N–H and O–H groups in total. The van der Waals surface area contributed by atoms with Gasteiger partial charge in [-0.15, -0.1) is 0 Å². The highest BCUT2D eigenvalue weighted by Gasteiger charge is 1.90. The Morgan fingerprint density at radius 3 is 1.83 bits per heavy atom. The van der Waals surface area contributed by atoms with Gasteiger partial charge in [-0.25, -0.2) is 0 Å². The van der Waals surface area contributed by atoms with E-state index in [1.165, 1.54) is 57.4 Å². The van der Waals surface area contributed by atoms with Gasteiger partial charge in [0.25, 0.3) is 0 Å². The SMILES string of the molecule is CCCCCCCCCC[Si][Si]. The third kappa shape index (κ3) is 10.4. The summed E-state index contributed by atoms with van der Waals surface area (Å²) in [6.07, 6.45) is 11.5. The fourth-order valence-corrected chi connectivity index (χ4v) is 2.30. The maximum atomic E-state index is 3.52. The van der Waals surface area contributed by atoms with Crippen molar-refractivity contribution in [3.05, 3.63) is 0 Å². The molecule has 0 saturated carbocycles. The van der Waals surface area contributed by atoms with Gasteiger partial charge in [0.1, 0.15) is 0 Å². The highest BCUT2D eigenvalue weighted by atomic mass is 29.1. The van der Waals surface area contributed by atoms with E-state index >= 15 is 0 Å². The summed E-state index contributed by atoms with van der Waals surface area (Å²) in [6.45, 7) is 2.27. The van der Waals surface area contributed by atoms with Gasteiger partial charge >= 0.3 is 0 Å². The van der Waals surface area contributed by atoms with Gasteiger partial charge < -0.3 is 0 Å². The van der Waals surface area contributed by atoms with E-state index in [-0.39, 0.29) is 0 Å². The van der Waals surface area contributed by atoms with Crippen molar-refractivity contribution in [1.82, 2.24) is 0 Å². The van der Waals surface area contributed by atoms with Crippen LogP contribution >= 0.6 is 0 Å². The minimum Gasteiger partial charge on any atom is -0.0654 e. The van der Waals surface area contributed by atoms with E-state index < -0.39 is 0 Å². The van der Waals surface area contributed by atoms with Crippen molar-refractivity contribution in [2.24, 2.45) is 0 Å². The molecule has 5 radical (unpaired) electrons. The lowest BCUT2D eigenvalue weighted by molar-refractivity contribution is 0.585. The van der Waals surface area contributed by atoms with Crippen molar-refractivity contribution in [3.8, 4) is 0 Å². The Kier molecular flexibility index (Phi) is 11.8. The van der Waals surface area contributed by atoms with E-state index in [2.05, 4.69) is 16.7 Å². The van der Waals surface area contributed by atoms with Crippen molar-refractivity contribution in [3.63, 3.8) is 0 Å². The first kappa shape index (κ1) is 12.4. The Morgan fingerprint density at radius 1 is 0.833 bits per heavy atom. The Morgan fingerprint density at radius 2 is 1.33 bits per heavy atom. The van der Waals surface area contributed by atoms with Crippen LogP contribution in [0.15, 0.2) is 0 Å². The van der Waals surface area contributed by atoms with E-state index in [0.29, 0.717) is 0 Å². The molecule has 0 rings (SSSR count). The van der Waals surface area contributed by atoms with Crippen LogP contribution in [0.1, 0.15) is 58.3 Å². The first-order valence-corrected chi connectivity index (χ1v) is 8.02. The second-order valence-electron chi connectivity index (χ2n) is 3.40. The summed E-state index contributed by atoms with van der Waals surface area (Å²) in [4.78, 5) is 0. The van der Waals surface area contributed by atoms with Crippen LogP contribution in [0.5, 0.6) is 0 Å². The van der Waals surface area contributed by atoms with Crippen molar-refractivity contribution >= 4 is 18.8 Å². The highest BCUT2D eigenvalue weighted by molar-refractivity contribution is 6.89. The summed E-state index contributed by atoms with van der Waals surface area (Å²) in [5, 5.41) is 0. The number of unbranched alkanes of at least 4 members (excludes halogenated alkanes) is 7. The average Bonchev–Trinajstić information content (AvgIpc) is 2.10. The molecular formula is C10H21Si2. The van der Waals surface area contributed by atoms with Crippen LogP contribution in [-0.4, -0.2) is 18.8 Å². The zero-order valence-corrected chi connectivity index (χ0v) is 10.4. The topological polar surface area (TPSA) is 0 Å². The van der Waals surface area contributed by atoms with E-state index in [0.717, 1.165) is 9.04 Å². The molecule has 0 aromatic heterocycles. The van der Waals surface area contributed by atoms with Crippen molar-refractivity contribution in [2.75, 3.05) is 0 Å². The predicted octanol–water partition coefficient (Wildman–Crippen LogP) is 3.33. The maximum Gasteiger partial charge on any atom is 0.0180 e. The van der Waals surface area contributed by atoms with Crippen LogP contribution in [0.25, 0.3) is 0 Å². The molecule has 0 fully saturated rings. The zero-order chi connectivity index (χ0) is 9.07. The molecule has 0 bridgehead atoms. The number of hydrogen-bond acceptors (Lipinski definition) is 0. The van der Waals surface area contributed by atoms with Crippen LogP contribution in [0, 0.1) is 0 Å². The molecule has 0 heterocycles. The Bertz CT molecular complexity index is 64.2. The summed E-state index contributed by atoms with van der Waals surface area (Å²) < 4.78 is 0. The van der Waals surface area contributed by atoms with Crippen LogP contribution in [0.2, 0.25) is 6.04 Å². The minimum atomic E-state index is 0.976. The van der Waals surface area contributed by atoms with Gasteiger partial charge in [0.05, 0.1) is 0 Å². The highest BCUT2D eigenvalue weighted by Crippen LogP contribution is 2.08. The molecule has 0 aliphatic rings. The van der Waals surface area contributed by atoms with Gasteiger partial charge in [0.15, 0.2) is 0 Å². The summed E-state index contributed by atoms with van der Waals surface area (Å²) in [7, 11) is 4.50. The van der Waals surface area contributed by atoms with Gasteiger partial charge in [0.2, 0.25) is 0 Å². The molecule has 0 aromatic carbocycles. The van der Waals surface area contributed by atoms with E-state index in [4.69, 9.17) is 0 Å². The summed E-state index contributed by atoms with van der Waals surface area (Å²) in [5.74, 6) is 0. The Labute approximate surface area is 83.6 Å². The smallest absolute Gasteiger partial charge is 0.0180 e. The van der Waals surface area contributed by atoms with Crippen LogP contribution < -0.4 is 0 Å². The standard InChI is InChI=1S/C10H21Si2/c1-2-3-4-5-6-7-8-9-10-12-11/h2-10H2,1H3. The average molecular weight is 197 g/mol. The van der Waals surface area contributed by atoms with Gasteiger partial charge in [-0.05, 0) is 0 Å². The third-order valence-electron chi connectivity index (χ3n) is 2.16. The Hall–Kier alpha value is 0.434. The zero-order valence-electron chi connectivity index (χ0n) is 8.36. The molecule has 2 heteroatoms. The first-order chi connectivity index (χ1) is 5.91.